The van der Waals surface area contributed by atoms with Crippen LogP contribution in [0.25, 0.3) is 0 Å². The summed E-state index contributed by atoms with van der Waals surface area (Å²) >= 11 is 6.07. The van der Waals surface area contributed by atoms with Crippen molar-refractivity contribution in [3.63, 3.8) is 0 Å². The van der Waals surface area contributed by atoms with Gasteiger partial charge in [0.15, 0.2) is 0 Å². The molecule has 0 heterocycles. The maximum absolute atomic E-state index is 6.07. The number of aliphatic imine (C=N–C) groups is 1. The van der Waals surface area contributed by atoms with Gasteiger partial charge in [-0.1, -0.05) is 24.1 Å². The van der Waals surface area contributed by atoms with Crippen molar-refractivity contribution >= 4 is 17.3 Å². The van der Waals surface area contributed by atoms with E-state index >= 15 is 0 Å². The van der Waals surface area contributed by atoms with Crippen molar-refractivity contribution < 1.29 is 0 Å². The lowest BCUT2D eigenvalue weighted by Gasteiger charge is -2.37. The molecule has 1 aromatic carbocycles. The van der Waals surface area contributed by atoms with Crippen molar-refractivity contribution in [2.75, 3.05) is 7.05 Å². The summed E-state index contributed by atoms with van der Waals surface area (Å²) in [5.74, 6) is 1.25. The fourth-order valence-electron chi connectivity index (χ4n) is 3.37. The molecule has 2 aliphatic carbocycles. The Morgan fingerprint density at radius 2 is 2.19 bits per heavy atom. The molecule has 2 aliphatic rings. The smallest absolute Gasteiger partial charge is 0.0408 e. The van der Waals surface area contributed by atoms with Crippen LogP contribution in [0.1, 0.15) is 36.3 Å². The lowest BCUT2D eigenvalue weighted by Crippen LogP contribution is -2.33. The van der Waals surface area contributed by atoms with Crippen LogP contribution in [0.15, 0.2) is 23.2 Å². The van der Waals surface area contributed by atoms with Crippen LogP contribution in [-0.4, -0.2) is 12.8 Å². The van der Waals surface area contributed by atoms with Gasteiger partial charge < -0.3 is 0 Å². The Hall–Kier alpha value is -0.820. The zero-order chi connectivity index (χ0) is 11.1. The van der Waals surface area contributed by atoms with E-state index in [0.29, 0.717) is 11.8 Å². The minimum absolute atomic E-state index is 0.574. The van der Waals surface area contributed by atoms with Crippen LogP contribution in [0.4, 0.5) is 0 Å². The zero-order valence-electron chi connectivity index (χ0n) is 9.54. The molecule has 0 aliphatic heterocycles. The number of nitrogens with zero attached hydrogens (tertiary/aromatic N) is 1. The van der Waals surface area contributed by atoms with Gasteiger partial charge in [-0.05, 0) is 42.5 Å². The van der Waals surface area contributed by atoms with Gasteiger partial charge in [0.2, 0.25) is 0 Å². The number of rotatable bonds is 0. The fraction of sp³-hybridized carbons (Fsp3) is 0.500. The van der Waals surface area contributed by atoms with Gasteiger partial charge >= 0.3 is 0 Å². The summed E-state index contributed by atoms with van der Waals surface area (Å²) in [7, 11) is 1.95. The van der Waals surface area contributed by atoms with E-state index in [1.54, 1.807) is 0 Å². The minimum Gasteiger partial charge on any atom is -0.297 e. The maximum Gasteiger partial charge on any atom is 0.0408 e. The van der Waals surface area contributed by atoms with Gasteiger partial charge in [-0.15, -0.1) is 0 Å². The van der Waals surface area contributed by atoms with Crippen molar-refractivity contribution in [1.82, 2.24) is 0 Å². The van der Waals surface area contributed by atoms with Crippen LogP contribution in [0.2, 0.25) is 5.02 Å². The number of hydrogen-bond donors (Lipinski definition) is 0. The van der Waals surface area contributed by atoms with Crippen LogP contribution in [-0.2, 0) is 6.42 Å². The Balaban J connectivity index is 2.12. The average molecular weight is 234 g/mol. The molecule has 1 aromatic rings. The summed E-state index contributed by atoms with van der Waals surface area (Å²) in [5, 5.41) is 0.869. The average Bonchev–Trinajstić information content (AvgIpc) is 2.28. The second-order valence-electron chi connectivity index (χ2n) is 4.88. The summed E-state index contributed by atoms with van der Waals surface area (Å²) in [6.45, 7) is 0. The van der Waals surface area contributed by atoms with Crippen LogP contribution < -0.4 is 0 Å². The highest BCUT2D eigenvalue weighted by Gasteiger charge is 2.35. The SMILES string of the molecule is C/N=C1/C2CCCC1c1ccc(Cl)cc1C2. The molecule has 3 rings (SSSR count). The molecule has 1 nitrogen and oxygen atoms in total. The van der Waals surface area contributed by atoms with Gasteiger partial charge in [0.25, 0.3) is 0 Å². The first-order valence-electron chi connectivity index (χ1n) is 6.04. The molecular formula is C14H16ClN. The minimum atomic E-state index is 0.574. The van der Waals surface area contributed by atoms with Crippen LogP contribution in [0, 0.1) is 5.92 Å². The third-order valence-electron chi connectivity index (χ3n) is 4.03. The molecule has 0 amide bonds. The predicted molar refractivity (Wildman–Crippen MR) is 68.6 cm³/mol. The fourth-order valence-corrected chi connectivity index (χ4v) is 3.56. The summed E-state index contributed by atoms with van der Waals surface area (Å²) in [5.41, 5.74) is 4.36. The predicted octanol–water partition coefficient (Wildman–Crippen LogP) is 3.85. The molecule has 0 aromatic heterocycles. The van der Waals surface area contributed by atoms with Gasteiger partial charge in [0, 0.05) is 29.6 Å². The van der Waals surface area contributed by atoms with E-state index in [2.05, 4.69) is 17.1 Å². The van der Waals surface area contributed by atoms with Gasteiger partial charge in [-0.2, -0.15) is 0 Å². The number of hydrogen-bond acceptors (Lipinski definition) is 1. The van der Waals surface area contributed by atoms with Crippen LogP contribution in [0.3, 0.4) is 0 Å². The van der Waals surface area contributed by atoms with Crippen molar-refractivity contribution in [3.8, 4) is 0 Å². The molecule has 1 fully saturated rings. The van der Waals surface area contributed by atoms with E-state index in [0.717, 1.165) is 11.4 Å². The Morgan fingerprint density at radius 1 is 1.31 bits per heavy atom. The molecule has 16 heavy (non-hydrogen) atoms. The highest BCUT2D eigenvalue weighted by Crippen LogP contribution is 2.42. The second kappa shape index (κ2) is 3.89. The molecule has 2 unspecified atom stereocenters. The van der Waals surface area contributed by atoms with E-state index in [4.69, 9.17) is 11.6 Å². The molecule has 0 N–H and O–H groups in total. The lowest BCUT2D eigenvalue weighted by atomic mass is 9.68. The number of fused-ring (bicyclic) bond motifs is 4. The maximum atomic E-state index is 6.07. The van der Waals surface area contributed by atoms with Gasteiger partial charge in [-0.3, -0.25) is 4.99 Å². The molecule has 2 bridgehead atoms. The number of halogens is 1. The molecule has 0 saturated heterocycles. The number of benzene rings is 1. The van der Waals surface area contributed by atoms with Crippen molar-refractivity contribution in [2.24, 2.45) is 10.9 Å². The standard InChI is InChI=1S/C14H16ClN/c1-16-14-9-3-2-4-13(14)12-6-5-11(15)8-10(12)7-9/h5-6,8-9,13H,2-4,7H2,1H3/b16-14-. The van der Waals surface area contributed by atoms with Crippen LogP contribution >= 0.6 is 11.6 Å². The Kier molecular flexibility index (Phi) is 2.51. The summed E-state index contributed by atoms with van der Waals surface area (Å²) in [6.07, 6.45) is 5.04. The Morgan fingerprint density at radius 3 is 3.00 bits per heavy atom. The largest absolute Gasteiger partial charge is 0.297 e. The monoisotopic (exact) mass is 233 g/mol. The van der Waals surface area contributed by atoms with E-state index in [1.165, 1.54) is 36.1 Å². The van der Waals surface area contributed by atoms with Crippen LogP contribution in [0.5, 0.6) is 0 Å². The van der Waals surface area contributed by atoms with Gasteiger partial charge in [0.1, 0.15) is 0 Å². The molecule has 0 spiro atoms. The van der Waals surface area contributed by atoms with E-state index in [9.17, 15) is 0 Å². The first-order valence-corrected chi connectivity index (χ1v) is 6.42. The Bertz CT molecular complexity index is 450. The normalized spacial score (nSPS) is 30.2. The highest BCUT2D eigenvalue weighted by molar-refractivity contribution is 6.30. The van der Waals surface area contributed by atoms with Gasteiger partial charge in [-0.25, -0.2) is 0 Å². The first kappa shape index (κ1) is 10.3. The summed E-state index contributed by atoms with van der Waals surface area (Å²) in [6, 6.07) is 6.37. The summed E-state index contributed by atoms with van der Waals surface area (Å²) in [4.78, 5) is 4.54. The molecule has 2 heteroatoms. The highest BCUT2D eigenvalue weighted by atomic mass is 35.5. The molecule has 2 atom stereocenters. The lowest BCUT2D eigenvalue weighted by molar-refractivity contribution is 0.471. The Labute approximate surface area is 102 Å². The van der Waals surface area contributed by atoms with E-state index in [1.807, 2.05) is 13.1 Å². The molecule has 84 valence electrons. The third-order valence-corrected chi connectivity index (χ3v) is 4.26. The van der Waals surface area contributed by atoms with Crippen molar-refractivity contribution in [3.05, 3.63) is 34.3 Å². The summed E-state index contributed by atoms with van der Waals surface area (Å²) < 4.78 is 0. The molecular weight excluding hydrogens is 218 g/mol. The zero-order valence-corrected chi connectivity index (χ0v) is 10.3. The van der Waals surface area contributed by atoms with E-state index < -0.39 is 0 Å². The second-order valence-corrected chi connectivity index (χ2v) is 5.31. The van der Waals surface area contributed by atoms with E-state index in [-0.39, 0.29) is 0 Å². The van der Waals surface area contributed by atoms with Crippen molar-refractivity contribution in [2.45, 2.75) is 31.6 Å². The topological polar surface area (TPSA) is 12.4 Å². The first-order chi connectivity index (χ1) is 7.79. The molecule has 1 saturated carbocycles. The third kappa shape index (κ3) is 1.49. The molecule has 0 radical (unpaired) electrons. The van der Waals surface area contributed by atoms with Gasteiger partial charge in [0.05, 0.1) is 0 Å². The quantitative estimate of drug-likeness (QED) is 0.646. The van der Waals surface area contributed by atoms with Crippen molar-refractivity contribution in [1.29, 1.82) is 0 Å².